The van der Waals surface area contributed by atoms with Crippen LogP contribution in [0.3, 0.4) is 0 Å². The highest BCUT2D eigenvalue weighted by molar-refractivity contribution is 6.20. The molecule has 4 rings (SSSR count). The Morgan fingerprint density at radius 3 is 2.58 bits per heavy atom. The van der Waals surface area contributed by atoms with Gasteiger partial charge in [-0.2, -0.15) is 0 Å². The maximum Gasteiger partial charge on any atom is 0.222 e. The smallest absolute Gasteiger partial charge is 0.222 e. The van der Waals surface area contributed by atoms with Crippen LogP contribution in [-0.4, -0.2) is 55.6 Å². The van der Waals surface area contributed by atoms with Gasteiger partial charge < -0.3 is 24.3 Å². The number of nitrogens with zero attached hydrogens (tertiary/aromatic N) is 2. The summed E-state index contributed by atoms with van der Waals surface area (Å²) in [5.74, 6) is 1.22. The molecule has 9 heteroatoms. The Bertz CT molecular complexity index is 1070. The summed E-state index contributed by atoms with van der Waals surface area (Å²) in [7, 11) is 3.12. The van der Waals surface area contributed by atoms with Crippen LogP contribution in [0.2, 0.25) is 0 Å². The molecule has 2 aliphatic rings. The van der Waals surface area contributed by atoms with Gasteiger partial charge in [-0.3, -0.25) is 9.59 Å². The first kappa shape index (κ1) is 20.8. The Hall–Kier alpha value is -3.46. The third-order valence-corrected chi connectivity index (χ3v) is 4.94. The largest absolute Gasteiger partial charge is 0.493 e. The molecule has 1 saturated carbocycles. The number of rotatable bonds is 10. The Morgan fingerprint density at radius 2 is 1.84 bits per heavy atom. The van der Waals surface area contributed by atoms with Gasteiger partial charge in [0.1, 0.15) is 18.8 Å². The number of benzene rings is 1. The molecule has 0 spiro atoms. The molecule has 0 unspecified atom stereocenters. The van der Waals surface area contributed by atoms with Gasteiger partial charge in [0.05, 0.1) is 31.5 Å². The Morgan fingerprint density at radius 1 is 1.00 bits per heavy atom. The topological polar surface area (TPSA) is 109 Å². The maximum absolute atomic E-state index is 12.5. The van der Waals surface area contributed by atoms with Crippen LogP contribution in [0.4, 0.5) is 5.82 Å². The number of anilines is 1. The molecule has 1 N–H and O–H groups in total. The van der Waals surface area contributed by atoms with Crippen molar-refractivity contribution in [3.8, 4) is 11.5 Å². The fourth-order valence-corrected chi connectivity index (χ4v) is 3.04. The summed E-state index contributed by atoms with van der Waals surface area (Å²) >= 11 is 0. The highest BCUT2D eigenvalue weighted by Crippen LogP contribution is 2.34. The first-order valence-corrected chi connectivity index (χ1v) is 9.95. The van der Waals surface area contributed by atoms with E-state index in [-0.39, 0.29) is 23.0 Å². The second kappa shape index (κ2) is 9.13. The predicted molar refractivity (Wildman–Crippen MR) is 112 cm³/mol. The van der Waals surface area contributed by atoms with Gasteiger partial charge in [0.2, 0.25) is 11.6 Å². The molecular formula is C22H23N3O6. The molecule has 1 aromatic carbocycles. The Balaban J connectivity index is 1.56. The van der Waals surface area contributed by atoms with Crippen LogP contribution >= 0.6 is 0 Å². The number of hydrogen-bond acceptors (Lipinski definition) is 9. The first-order valence-electron chi connectivity index (χ1n) is 9.95. The van der Waals surface area contributed by atoms with E-state index in [0.29, 0.717) is 54.0 Å². The SMILES string of the molecule is COCCOc1cc2ncnc(NC3=CC(=O)C(OCC4CC4)=CC3=O)c2cc1OC. The number of hydrogen-bond donors (Lipinski definition) is 1. The molecular weight excluding hydrogens is 402 g/mol. The number of carbonyl (C=O) groups is 2. The van der Waals surface area contributed by atoms with E-state index in [1.54, 1.807) is 19.2 Å². The molecule has 31 heavy (non-hydrogen) atoms. The third-order valence-electron chi connectivity index (χ3n) is 4.94. The van der Waals surface area contributed by atoms with E-state index in [9.17, 15) is 9.59 Å². The lowest BCUT2D eigenvalue weighted by atomic mass is 10.1. The van der Waals surface area contributed by atoms with Crippen molar-refractivity contribution in [1.29, 1.82) is 0 Å². The molecule has 162 valence electrons. The monoisotopic (exact) mass is 425 g/mol. The molecule has 0 saturated heterocycles. The second-order valence-electron chi connectivity index (χ2n) is 7.26. The summed E-state index contributed by atoms with van der Waals surface area (Å²) in [6, 6.07) is 3.44. The highest BCUT2D eigenvalue weighted by Gasteiger charge is 2.26. The van der Waals surface area contributed by atoms with Crippen LogP contribution in [-0.2, 0) is 19.1 Å². The van der Waals surface area contributed by atoms with Gasteiger partial charge >= 0.3 is 0 Å². The quantitative estimate of drug-likeness (QED) is 0.453. The molecule has 0 amide bonds. The normalized spacial score (nSPS) is 16.1. The highest BCUT2D eigenvalue weighted by atomic mass is 16.5. The fourth-order valence-electron chi connectivity index (χ4n) is 3.04. The standard InChI is InChI=1S/C22H23N3O6/c1-28-5-6-30-21-9-15-14(7-20(21)29-2)22(24-12-23-15)25-16-8-18(27)19(10-17(16)26)31-11-13-3-4-13/h7-10,12-13H,3-6,11H2,1-2H3,(H,23,24,25). The van der Waals surface area contributed by atoms with Crippen LogP contribution in [0, 0.1) is 5.92 Å². The average Bonchev–Trinajstić information content (AvgIpc) is 3.59. The number of allylic oxidation sites excluding steroid dienone is 2. The van der Waals surface area contributed by atoms with E-state index in [4.69, 9.17) is 18.9 Å². The number of fused-ring (bicyclic) bond motifs is 1. The summed E-state index contributed by atoms with van der Waals surface area (Å²) < 4.78 is 21.6. The van der Waals surface area contributed by atoms with Crippen molar-refractivity contribution in [3.63, 3.8) is 0 Å². The van der Waals surface area contributed by atoms with Gasteiger partial charge in [-0.25, -0.2) is 9.97 Å². The molecule has 2 aromatic rings. The number of carbonyl (C=O) groups excluding carboxylic acids is 2. The van der Waals surface area contributed by atoms with Crippen molar-refractivity contribution in [3.05, 3.63) is 42.1 Å². The van der Waals surface area contributed by atoms with Crippen LogP contribution in [0.25, 0.3) is 10.9 Å². The lowest BCUT2D eigenvalue weighted by Crippen LogP contribution is -2.20. The molecule has 9 nitrogen and oxygen atoms in total. The zero-order chi connectivity index (χ0) is 21.8. The van der Waals surface area contributed by atoms with E-state index in [2.05, 4.69) is 15.3 Å². The summed E-state index contributed by atoms with van der Waals surface area (Å²) in [5.41, 5.74) is 0.702. The lowest BCUT2D eigenvalue weighted by molar-refractivity contribution is -0.117. The van der Waals surface area contributed by atoms with E-state index < -0.39 is 0 Å². The van der Waals surface area contributed by atoms with Crippen molar-refractivity contribution >= 4 is 28.3 Å². The molecule has 1 fully saturated rings. The third kappa shape index (κ3) is 4.83. The van der Waals surface area contributed by atoms with Crippen LogP contribution in [0.5, 0.6) is 11.5 Å². The molecule has 0 aliphatic heterocycles. The number of ketones is 2. The van der Waals surface area contributed by atoms with Crippen LogP contribution in [0.1, 0.15) is 12.8 Å². The van der Waals surface area contributed by atoms with Gasteiger partial charge in [0, 0.05) is 30.7 Å². The minimum Gasteiger partial charge on any atom is -0.493 e. The van der Waals surface area contributed by atoms with Crippen molar-refractivity contribution in [2.75, 3.05) is 39.4 Å². The first-order chi connectivity index (χ1) is 15.1. The number of aromatic nitrogens is 2. The summed E-state index contributed by atoms with van der Waals surface area (Å²) in [5, 5.41) is 3.56. The zero-order valence-corrected chi connectivity index (χ0v) is 17.3. The lowest BCUT2D eigenvalue weighted by Gasteiger charge is -2.16. The van der Waals surface area contributed by atoms with Crippen molar-refractivity contribution < 1.29 is 28.5 Å². The average molecular weight is 425 g/mol. The van der Waals surface area contributed by atoms with Gasteiger partial charge in [0.25, 0.3) is 0 Å². The van der Waals surface area contributed by atoms with E-state index in [0.717, 1.165) is 12.8 Å². The van der Waals surface area contributed by atoms with Crippen molar-refractivity contribution in [2.24, 2.45) is 5.92 Å². The van der Waals surface area contributed by atoms with Crippen molar-refractivity contribution in [1.82, 2.24) is 9.97 Å². The zero-order valence-electron chi connectivity index (χ0n) is 17.3. The van der Waals surface area contributed by atoms with Crippen LogP contribution in [0.15, 0.2) is 42.1 Å². The van der Waals surface area contributed by atoms with Gasteiger partial charge in [-0.1, -0.05) is 0 Å². The molecule has 1 aromatic heterocycles. The van der Waals surface area contributed by atoms with Gasteiger partial charge in [0.15, 0.2) is 17.3 Å². The molecule has 1 heterocycles. The van der Waals surface area contributed by atoms with E-state index in [1.807, 2.05) is 0 Å². The molecule has 0 bridgehead atoms. The Labute approximate surface area is 179 Å². The second-order valence-corrected chi connectivity index (χ2v) is 7.26. The summed E-state index contributed by atoms with van der Waals surface area (Å²) in [6.07, 6.45) is 6.02. The summed E-state index contributed by atoms with van der Waals surface area (Å²) in [6.45, 7) is 1.25. The van der Waals surface area contributed by atoms with Crippen molar-refractivity contribution in [2.45, 2.75) is 12.8 Å². The van der Waals surface area contributed by atoms with E-state index >= 15 is 0 Å². The molecule has 2 aliphatic carbocycles. The number of ether oxygens (including phenoxy) is 4. The predicted octanol–water partition coefficient (Wildman–Crippen LogP) is 2.42. The van der Waals surface area contributed by atoms with E-state index in [1.165, 1.54) is 25.6 Å². The molecule has 0 radical (unpaired) electrons. The number of nitrogens with one attached hydrogen (secondary N) is 1. The van der Waals surface area contributed by atoms with Gasteiger partial charge in [-0.05, 0) is 24.8 Å². The minimum atomic E-state index is -0.358. The number of methoxy groups -OCH3 is 2. The summed E-state index contributed by atoms with van der Waals surface area (Å²) in [4.78, 5) is 33.4. The van der Waals surface area contributed by atoms with Crippen LogP contribution < -0.4 is 14.8 Å². The Kier molecular flexibility index (Phi) is 6.13. The minimum absolute atomic E-state index is 0.0783. The molecule has 0 atom stereocenters. The van der Waals surface area contributed by atoms with Gasteiger partial charge in [-0.15, -0.1) is 0 Å². The fraction of sp³-hybridized carbons (Fsp3) is 0.364. The maximum atomic E-state index is 12.5.